The Morgan fingerprint density at radius 2 is 1.90 bits per heavy atom. The fourth-order valence-corrected chi connectivity index (χ4v) is 3.46. The molecule has 3 aromatic rings. The fraction of sp³-hybridized carbons (Fsp3) is 0.190. The van der Waals surface area contributed by atoms with Crippen LogP contribution in [0.4, 0.5) is 11.4 Å². The zero-order chi connectivity index (χ0) is 22.4. The van der Waals surface area contributed by atoms with Gasteiger partial charge >= 0.3 is 0 Å². The summed E-state index contributed by atoms with van der Waals surface area (Å²) in [5.41, 5.74) is 2.06. The average molecular weight is 458 g/mol. The van der Waals surface area contributed by atoms with E-state index in [1.54, 1.807) is 43.3 Å². The monoisotopic (exact) mass is 457 g/mol. The number of aromatic amines is 1. The maximum atomic E-state index is 12.6. The summed E-state index contributed by atoms with van der Waals surface area (Å²) in [6.45, 7) is 3.61. The molecule has 0 fully saturated rings. The van der Waals surface area contributed by atoms with Gasteiger partial charge in [-0.05, 0) is 37.3 Å². The number of halogens is 1. The number of carbonyl (C=O) groups is 2. The van der Waals surface area contributed by atoms with Gasteiger partial charge in [-0.25, -0.2) is 0 Å². The molecule has 1 heterocycles. The van der Waals surface area contributed by atoms with E-state index >= 15 is 0 Å². The number of aromatic nitrogens is 3. The van der Waals surface area contributed by atoms with Crippen molar-refractivity contribution in [2.24, 2.45) is 0 Å². The Kier molecular flexibility index (Phi) is 7.43. The maximum absolute atomic E-state index is 12.6. The van der Waals surface area contributed by atoms with E-state index in [0.29, 0.717) is 28.4 Å². The number of aryl methyl sites for hydroxylation is 1. The van der Waals surface area contributed by atoms with Crippen LogP contribution < -0.4 is 16.2 Å². The average Bonchev–Trinajstić information content (AvgIpc) is 2.73. The third-order valence-electron chi connectivity index (χ3n) is 4.15. The largest absolute Gasteiger partial charge is 0.325 e. The molecule has 0 atom stereocenters. The second kappa shape index (κ2) is 10.2. The van der Waals surface area contributed by atoms with Gasteiger partial charge < -0.3 is 10.6 Å². The zero-order valence-electron chi connectivity index (χ0n) is 16.9. The lowest BCUT2D eigenvalue weighted by molar-refractivity contribution is -0.116. The van der Waals surface area contributed by atoms with Crippen LogP contribution in [0.5, 0.6) is 0 Å². The normalized spacial score (nSPS) is 10.5. The summed E-state index contributed by atoms with van der Waals surface area (Å²) in [6, 6.07) is 12.1. The highest BCUT2D eigenvalue weighted by Gasteiger charge is 2.15. The Morgan fingerprint density at radius 1 is 1.10 bits per heavy atom. The second-order valence-corrected chi connectivity index (χ2v) is 8.01. The lowest BCUT2D eigenvalue weighted by Crippen LogP contribution is -2.18. The van der Waals surface area contributed by atoms with Gasteiger partial charge in [0.05, 0.1) is 11.4 Å². The molecule has 0 saturated heterocycles. The van der Waals surface area contributed by atoms with Crippen LogP contribution in [-0.2, 0) is 9.59 Å². The summed E-state index contributed by atoms with van der Waals surface area (Å²) in [5, 5.41) is 14.3. The third kappa shape index (κ3) is 6.16. The van der Waals surface area contributed by atoms with Crippen LogP contribution in [0.25, 0.3) is 11.3 Å². The van der Waals surface area contributed by atoms with E-state index in [1.807, 2.05) is 13.0 Å². The molecule has 0 unspecified atom stereocenters. The predicted octanol–water partition coefficient (Wildman–Crippen LogP) is 3.87. The number of thioether (sulfide) groups is 1. The number of anilines is 2. The summed E-state index contributed by atoms with van der Waals surface area (Å²) in [5.74, 6) is -0.423. The molecule has 0 aliphatic rings. The van der Waals surface area contributed by atoms with Crippen molar-refractivity contribution >= 4 is 46.6 Å². The summed E-state index contributed by atoms with van der Waals surface area (Å²) in [4.78, 5) is 39.2. The minimum Gasteiger partial charge on any atom is -0.325 e. The van der Waals surface area contributed by atoms with Crippen LogP contribution in [0, 0.1) is 6.92 Å². The molecule has 0 aliphatic heterocycles. The Labute approximate surface area is 187 Å². The molecule has 10 heteroatoms. The van der Waals surface area contributed by atoms with Gasteiger partial charge in [-0.3, -0.25) is 19.4 Å². The molecule has 3 N–H and O–H groups in total. The number of amides is 2. The zero-order valence-corrected chi connectivity index (χ0v) is 18.4. The molecule has 31 heavy (non-hydrogen) atoms. The number of H-pyrrole nitrogens is 1. The minimum atomic E-state index is -0.467. The smallest absolute Gasteiger partial charge is 0.278 e. The van der Waals surface area contributed by atoms with E-state index in [4.69, 9.17) is 11.6 Å². The van der Waals surface area contributed by atoms with Crippen molar-refractivity contribution in [1.82, 2.24) is 15.2 Å². The van der Waals surface area contributed by atoms with Crippen molar-refractivity contribution in [3.63, 3.8) is 0 Å². The summed E-state index contributed by atoms with van der Waals surface area (Å²) in [6.07, 6.45) is 0.308. The molecule has 0 spiro atoms. The first-order valence-corrected chi connectivity index (χ1v) is 10.8. The molecule has 2 amide bonds. The number of hydrogen-bond acceptors (Lipinski definition) is 6. The van der Waals surface area contributed by atoms with Gasteiger partial charge in [0.25, 0.3) is 5.56 Å². The van der Waals surface area contributed by atoms with E-state index in [-0.39, 0.29) is 28.4 Å². The molecule has 3 rings (SSSR count). The number of nitrogens with zero attached hydrogens (tertiary/aromatic N) is 2. The first kappa shape index (κ1) is 22.5. The molecule has 2 aromatic carbocycles. The van der Waals surface area contributed by atoms with Crippen molar-refractivity contribution in [1.29, 1.82) is 0 Å². The van der Waals surface area contributed by atoms with Gasteiger partial charge in [-0.1, -0.05) is 48.0 Å². The molecule has 0 aliphatic carbocycles. The van der Waals surface area contributed by atoms with Crippen molar-refractivity contribution in [3.05, 3.63) is 63.4 Å². The Balaban J connectivity index is 1.73. The van der Waals surface area contributed by atoms with Gasteiger partial charge in [0.1, 0.15) is 0 Å². The molecule has 0 bridgehead atoms. The van der Waals surface area contributed by atoms with Gasteiger partial charge in [0.15, 0.2) is 10.9 Å². The molecule has 160 valence electrons. The van der Waals surface area contributed by atoms with Gasteiger partial charge in [-0.2, -0.15) is 0 Å². The maximum Gasteiger partial charge on any atom is 0.278 e. The number of benzene rings is 2. The van der Waals surface area contributed by atoms with Crippen molar-refractivity contribution < 1.29 is 9.59 Å². The lowest BCUT2D eigenvalue weighted by atomic mass is 10.1. The number of nitrogens with one attached hydrogen (secondary N) is 3. The van der Waals surface area contributed by atoms with Gasteiger partial charge in [0, 0.05) is 22.7 Å². The summed E-state index contributed by atoms with van der Waals surface area (Å²) < 4.78 is 0. The topological polar surface area (TPSA) is 117 Å². The number of rotatable bonds is 7. The minimum absolute atomic E-state index is 0.0265. The fourth-order valence-electron chi connectivity index (χ4n) is 2.66. The summed E-state index contributed by atoms with van der Waals surface area (Å²) >= 11 is 6.95. The number of carbonyl (C=O) groups excluding carboxylic acids is 2. The Morgan fingerprint density at radius 3 is 2.61 bits per heavy atom. The van der Waals surface area contributed by atoms with Crippen molar-refractivity contribution in [2.75, 3.05) is 16.4 Å². The van der Waals surface area contributed by atoms with Crippen LogP contribution in [0.15, 0.2) is 52.4 Å². The standard InChI is InChI=1S/C21H20ClN5O3S/c1-3-17(28)24-16-8-7-12(2)9-15(16)19-20(30)25-21(27-26-19)31-11-18(29)23-14-6-4-5-13(22)10-14/h4-10H,3,11H2,1-2H3,(H,23,29)(H,24,28)(H,25,27,30). The lowest BCUT2D eigenvalue weighted by Gasteiger charge is -2.11. The van der Waals surface area contributed by atoms with Crippen LogP contribution in [0.1, 0.15) is 18.9 Å². The van der Waals surface area contributed by atoms with Crippen LogP contribution in [0.2, 0.25) is 5.02 Å². The van der Waals surface area contributed by atoms with Gasteiger partial charge in [-0.15, -0.1) is 10.2 Å². The highest BCUT2D eigenvalue weighted by Crippen LogP contribution is 2.26. The van der Waals surface area contributed by atoms with E-state index in [9.17, 15) is 14.4 Å². The Hall–Kier alpha value is -3.17. The number of hydrogen-bond donors (Lipinski definition) is 3. The van der Waals surface area contributed by atoms with E-state index in [2.05, 4.69) is 25.8 Å². The van der Waals surface area contributed by atoms with Crippen molar-refractivity contribution in [3.8, 4) is 11.3 Å². The molecule has 0 saturated carbocycles. The van der Waals surface area contributed by atoms with Crippen LogP contribution in [-0.4, -0.2) is 32.7 Å². The predicted molar refractivity (Wildman–Crippen MR) is 123 cm³/mol. The summed E-state index contributed by atoms with van der Waals surface area (Å²) in [7, 11) is 0. The van der Waals surface area contributed by atoms with Gasteiger partial charge in [0.2, 0.25) is 11.8 Å². The van der Waals surface area contributed by atoms with E-state index in [1.165, 1.54) is 0 Å². The van der Waals surface area contributed by atoms with Crippen molar-refractivity contribution in [2.45, 2.75) is 25.4 Å². The quantitative estimate of drug-likeness (QED) is 0.463. The first-order valence-electron chi connectivity index (χ1n) is 9.41. The highest BCUT2D eigenvalue weighted by atomic mass is 35.5. The highest BCUT2D eigenvalue weighted by molar-refractivity contribution is 7.99. The molecular formula is C21H20ClN5O3S. The third-order valence-corrected chi connectivity index (χ3v) is 5.25. The molecule has 1 aromatic heterocycles. The van der Waals surface area contributed by atoms with Crippen LogP contribution in [0.3, 0.4) is 0 Å². The SMILES string of the molecule is CCC(=O)Nc1ccc(C)cc1-c1nnc(SCC(=O)Nc2cccc(Cl)c2)[nH]c1=O. The molecular weight excluding hydrogens is 438 g/mol. The first-order chi connectivity index (χ1) is 14.9. The molecule has 8 nitrogen and oxygen atoms in total. The van der Waals surface area contributed by atoms with E-state index < -0.39 is 5.56 Å². The second-order valence-electron chi connectivity index (χ2n) is 6.61. The Bertz CT molecular complexity index is 1180. The van der Waals surface area contributed by atoms with E-state index in [0.717, 1.165) is 17.3 Å². The molecule has 0 radical (unpaired) electrons. The van der Waals surface area contributed by atoms with Crippen LogP contribution >= 0.6 is 23.4 Å².